The Morgan fingerprint density at radius 1 is 0.829 bits per heavy atom. The van der Waals surface area contributed by atoms with E-state index in [2.05, 4.69) is 12.2 Å². The summed E-state index contributed by atoms with van der Waals surface area (Å²) in [5.74, 6) is -13.9. The molecular formula is C24H37F5N2O4. The number of hydrogen-bond acceptors (Lipinski definition) is 4. The van der Waals surface area contributed by atoms with Crippen molar-refractivity contribution >= 4 is 11.7 Å². The van der Waals surface area contributed by atoms with Gasteiger partial charge in [0.15, 0.2) is 23.3 Å². The van der Waals surface area contributed by atoms with E-state index in [1.165, 1.54) is 0 Å². The van der Waals surface area contributed by atoms with Gasteiger partial charge in [-0.05, 0) is 34.1 Å². The molecule has 0 spiro atoms. The minimum atomic E-state index is -2.33. The molecule has 0 heterocycles. The van der Waals surface area contributed by atoms with Crippen LogP contribution < -0.4 is 10.6 Å². The highest BCUT2D eigenvalue weighted by atomic mass is 19.2. The predicted molar refractivity (Wildman–Crippen MR) is 122 cm³/mol. The fourth-order valence-corrected chi connectivity index (χ4v) is 3.57. The largest absolute Gasteiger partial charge is 0.343 e. The molecular weight excluding hydrogens is 475 g/mol. The maximum Gasteiger partial charge on any atom is 0.319 e. The summed E-state index contributed by atoms with van der Waals surface area (Å²) in [6.07, 6.45) is 5.32. The minimum absolute atomic E-state index is 0.258. The van der Waals surface area contributed by atoms with Crippen LogP contribution in [0.15, 0.2) is 0 Å². The molecule has 0 saturated heterocycles. The van der Waals surface area contributed by atoms with E-state index in [1.54, 1.807) is 33.0 Å². The summed E-state index contributed by atoms with van der Waals surface area (Å²) in [5.41, 5.74) is -1.47. The van der Waals surface area contributed by atoms with Gasteiger partial charge in [0, 0.05) is 6.54 Å². The van der Waals surface area contributed by atoms with Gasteiger partial charge in [-0.1, -0.05) is 45.4 Å². The second-order valence-electron chi connectivity index (χ2n) is 9.00. The van der Waals surface area contributed by atoms with Gasteiger partial charge >= 0.3 is 6.03 Å². The Hall–Kier alpha value is -1.98. The molecule has 0 aromatic heterocycles. The van der Waals surface area contributed by atoms with Crippen molar-refractivity contribution < 1.29 is 41.3 Å². The molecule has 0 fully saturated rings. The van der Waals surface area contributed by atoms with Crippen molar-refractivity contribution in [3.63, 3.8) is 0 Å². The number of nitrogens with one attached hydrogen (secondary N) is 2. The van der Waals surface area contributed by atoms with Crippen molar-refractivity contribution in [3.8, 4) is 0 Å². The summed E-state index contributed by atoms with van der Waals surface area (Å²) in [6.45, 7) is 8.62. The van der Waals surface area contributed by atoms with Crippen molar-refractivity contribution in [2.24, 2.45) is 5.92 Å². The number of urea groups is 1. The first-order valence-electron chi connectivity index (χ1n) is 12.0. The zero-order chi connectivity index (χ0) is 26.8. The molecule has 0 radical (unpaired) electrons. The van der Waals surface area contributed by atoms with Gasteiger partial charge in [-0.15, -0.1) is 0 Å². The summed E-state index contributed by atoms with van der Waals surface area (Å²) >= 11 is 0. The molecule has 1 aromatic carbocycles. The van der Waals surface area contributed by atoms with Crippen LogP contribution in [0.4, 0.5) is 32.4 Å². The van der Waals surface area contributed by atoms with Crippen LogP contribution in [0.2, 0.25) is 0 Å². The molecule has 0 aliphatic heterocycles. The molecule has 0 saturated carbocycles. The smallest absolute Gasteiger partial charge is 0.319 e. The first-order valence-corrected chi connectivity index (χ1v) is 12.0. The Morgan fingerprint density at radius 3 is 1.77 bits per heavy atom. The number of unbranched alkanes of at least 4 members (excludes halogenated alkanes) is 5. The number of hydrogen-bond donors (Lipinski definition) is 3. The van der Waals surface area contributed by atoms with Gasteiger partial charge < -0.3 is 25.2 Å². The van der Waals surface area contributed by atoms with Gasteiger partial charge in [-0.25, -0.2) is 26.7 Å². The Morgan fingerprint density at radius 2 is 1.29 bits per heavy atom. The van der Waals surface area contributed by atoms with Crippen LogP contribution in [0.3, 0.4) is 0 Å². The van der Waals surface area contributed by atoms with Crippen molar-refractivity contribution in [1.82, 2.24) is 5.32 Å². The molecule has 11 heteroatoms. The second kappa shape index (κ2) is 14.5. The highest BCUT2D eigenvalue weighted by Gasteiger charge is 2.41. The number of halogens is 5. The molecule has 1 rings (SSSR count). The van der Waals surface area contributed by atoms with Gasteiger partial charge in [-0.2, -0.15) is 0 Å². The zero-order valence-electron chi connectivity index (χ0n) is 21.0. The highest BCUT2D eigenvalue weighted by Crippen LogP contribution is 2.30. The maximum atomic E-state index is 13.9. The quantitative estimate of drug-likeness (QED) is 0.0839. The lowest BCUT2D eigenvalue weighted by atomic mass is 9.97. The fourth-order valence-electron chi connectivity index (χ4n) is 3.57. The molecule has 0 aliphatic carbocycles. The van der Waals surface area contributed by atoms with Crippen LogP contribution in [-0.2, 0) is 9.47 Å². The number of ether oxygens (including phenoxy) is 2. The molecule has 1 atom stereocenters. The molecule has 6 nitrogen and oxygen atoms in total. The monoisotopic (exact) mass is 512 g/mol. The van der Waals surface area contributed by atoms with Crippen LogP contribution in [0.1, 0.15) is 79.6 Å². The summed E-state index contributed by atoms with van der Waals surface area (Å²) in [7, 11) is 0. The predicted octanol–water partition coefficient (Wildman–Crippen LogP) is 6.37. The third kappa shape index (κ3) is 9.53. The summed E-state index contributed by atoms with van der Waals surface area (Å²) in [5, 5.41) is 15.1. The highest BCUT2D eigenvalue weighted by molar-refractivity contribution is 5.89. The first kappa shape index (κ1) is 31.1. The van der Waals surface area contributed by atoms with Gasteiger partial charge in [0.2, 0.25) is 5.82 Å². The number of amides is 2. The number of benzene rings is 1. The lowest BCUT2D eigenvalue weighted by Crippen LogP contribution is -2.51. The third-order valence-corrected chi connectivity index (χ3v) is 5.19. The average molecular weight is 513 g/mol. The van der Waals surface area contributed by atoms with Gasteiger partial charge in [0.1, 0.15) is 5.69 Å². The van der Waals surface area contributed by atoms with Crippen LogP contribution >= 0.6 is 0 Å². The maximum absolute atomic E-state index is 13.9. The van der Waals surface area contributed by atoms with Crippen LogP contribution in [0.5, 0.6) is 0 Å². The van der Waals surface area contributed by atoms with Crippen molar-refractivity contribution in [2.45, 2.75) is 97.7 Å². The standard InChI is InChI=1S/C24H37F5N2O4/c1-6-7-8-9-10-11-12-16(24(33,34-14(2)3)35-15(4)5)13-30-23(32)31-22-20(28)18(26)17(25)19(27)21(22)29/h14-16,33H,6-13H2,1-5H3,(H2,30,31,32). The molecule has 35 heavy (non-hydrogen) atoms. The van der Waals surface area contributed by atoms with Gasteiger partial charge in [0.25, 0.3) is 5.97 Å². The summed E-state index contributed by atoms with van der Waals surface area (Å²) in [6, 6.07) is -1.22. The second-order valence-corrected chi connectivity index (χ2v) is 9.00. The van der Waals surface area contributed by atoms with Gasteiger partial charge in [0.05, 0.1) is 18.1 Å². The fraction of sp³-hybridized carbons (Fsp3) is 0.708. The van der Waals surface area contributed by atoms with E-state index >= 15 is 0 Å². The molecule has 0 aliphatic rings. The average Bonchev–Trinajstić information content (AvgIpc) is 2.76. The number of carbonyl (C=O) groups excluding carboxylic acids is 1. The lowest BCUT2D eigenvalue weighted by molar-refractivity contribution is -0.406. The Balaban J connectivity index is 2.99. The molecule has 202 valence electrons. The topological polar surface area (TPSA) is 79.8 Å². The van der Waals surface area contributed by atoms with E-state index in [4.69, 9.17) is 9.47 Å². The van der Waals surface area contributed by atoms with Crippen molar-refractivity contribution in [3.05, 3.63) is 29.1 Å². The Labute approximate surface area is 203 Å². The normalized spacial score (nSPS) is 12.9. The van der Waals surface area contributed by atoms with Crippen LogP contribution in [0, 0.1) is 35.0 Å². The van der Waals surface area contributed by atoms with Gasteiger partial charge in [-0.3, -0.25) is 0 Å². The summed E-state index contributed by atoms with van der Waals surface area (Å²) < 4.78 is 79.1. The number of carbonyl (C=O) groups is 1. The zero-order valence-corrected chi connectivity index (χ0v) is 21.0. The Kier molecular flexibility index (Phi) is 12.9. The number of aliphatic hydroxyl groups is 1. The van der Waals surface area contributed by atoms with Crippen LogP contribution in [0.25, 0.3) is 0 Å². The third-order valence-electron chi connectivity index (χ3n) is 5.19. The number of rotatable bonds is 15. The van der Waals surface area contributed by atoms with E-state index in [0.29, 0.717) is 12.8 Å². The lowest BCUT2D eigenvalue weighted by Gasteiger charge is -2.38. The van der Waals surface area contributed by atoms with E-state index in [0.717, 1.165) is 32.1 Å². The van der Waals surface area contributed by atoms with E-state index in [-0.39, 0.29) is 6.54 Å². The SMILES string of the molecule is CCCCCCCCC(CNC(=O)Nc1c(F)c(F)c(F)c(F)c1F)C(O)(OC(C)C)OC(C)C. The van der Waals surface area contributed by atoms with Crippen molar-refractivity contribution in [2.75, 3.05) is 11.9 Å². The van der Waals surface area contributed by atoms with E-state index in [1.807, 2.05) is 0 Å². The number of anilines is 1. The molecule has 3 N–H and O–H groups in total. The first-order chi connectivity index (χ1) is 16.3. The molecule has 1 unspecified atom stereocenters. The molecule has 2 amide bonds. The van der Waals surface area contributed by atoms with E-state index in [9.17, 15) is 31.9 Å². The van der Waals surface area contributed by atoms with Crippen molar-refractivity contribution in [1.29, 1.82) is 0 Å². The van der Waals surface area contributed by atoms with Crippen LogP contribution in [-0.4, -0.2) is 35.9 Å². The molecule has 0 bridgehead atoms. The minimum Gasteiger partial charge on any atom is -0.343 e. The molecule has 1 aromatic rings. The summed E-state index contributed by atoms with van der Waals surface area (Å²) in [4.78, 5) is 12.3. The van der Waals surface area contributed by atoms with E-state index < -0.39 is 64.9 Å². The Bertz CT molecular complexity index is 785.